The summed E-state index contributed by atoms with van der Waals surface area (Å²) in [5.41, 5.74) is 3.39. The monoisotopic (exact) mass is 195 g/mol. The van der Waals surface area contributed by atoms with Crippen LogP contribution in [0.2, 0.25) is 0 Å². The third kappa shape index (κ3) is 2.46. The van der Waals surface area contributed by atoms with Gasteiger partial charge in [-0.15, -0.1) is 11.8 Å². The standard InChI is InChI=1S/C10H13NOS/c12-11-7-8-3-1-2-4-10(8)13-9-5-6-9/h1-4,9,11-12H,5-7H2. The van der Waals surface area contributed by atoms with E-state index < -0.39 is 0 Å². The summed E-state index contributed by atoms with van der Waals surface area (Å²) < 4.78 is 0. The van der Waals surface area contributed by atoms with E-state index >= 15 is 0 Å². The minimum absolute atomic E-state index is 0.538. The second-order valence-corrected chi connectivity index (χ2v) is 4.60. The normalized spacial score (nSPS) is 16.1. The van der Waals surface area contributed by atoms with Gasteiger partial charge >= 0.3 is 0 Å². The summed E-state index contributed by atoms with van der Waals surface area (Å²) in [7, 11) is 0. The van der Waals surface area contributed by atoms with Crippen LogP contribution in [0.15, 0.2) is 29.2 Å². The molecular formula is C10H13NOS. The molecule has 0 aromatic heterocycles. The molecule has 70 valence electrons. The lowest BCUT2D eigenvalue weighted by atomic mass is 10.2. The van der Waals surface area contributed by atoms with Crippen LogP contribution in [-0.4, -0.2) is 10.5 Å². The maximum absolute atomic E-state index is 8.63. The molecule has 1 saturated carbocycles. The molecule has 0 atom stereocenters. The molecule has 0 saturated heterocycles. The average molecular weight is 195 g/mol. The minimum Gasteiger partial charge on any atom is -0.316 e. The van der Waals surface area contributed by atoms with Gasteiger partial charge in [-0.05, 0) is 24.5 Å². The lowest BCUT2D eigenvalue weighted by Crippen LogP contribution is -2.06. The Balaban J connectivity index is 2.10. The van der Waals surface area contributed by atoms with Crippen molar-refractivity contribution in [3.63, 3.8) is 0 Å². The molecule has 0 unspecified atom stereocenters. The quantitative estimate of drug-likeness (QED) is 0.724. The van der Waals surface area contributed by atoms with E-state index in [2.05, 4.69) is 11.5 Å². The van der Waals surface area contributed by atoms with Crippen LogP contribution in [0.1, 0.15) is 18.4 Å². The van der Waals surface area contributed by atoms with Crippen LogP contribution >= 0.6 is 11.8 Å². The van der Waals surface area contributed by atoms with E-state index in [0.717, 1.165) is 5.25 Å². The Morgan fingerprint density at radius 2 is 2.15 bits per heavy atom. The molecule has 2 N–H and O–H groups in total. The maximum Gasteiger partial charge on any atom is 0.0469 e. The second kappa shape index (κ2) is 4.13. The lowest BCUT2D eigenvalue weighted by Gasteiger charge is -2.06. The summed E-state index contributed by atoms with van der Waals surface area (Å²) in [6, 6.07) is 8.22. The van der Waals surface area contributed by atoms with Crippen molar-refractivity contribution in [1.82, 2.24) is 5.48 Å². The van der Waals surface area contributed by atoms with Crippen molar-refractivity contribution >= 4 is 11.8 Å². The van der Waals surface area contributed by atoms with Crippen molar-refractivity contribution in [2.75, 3.05) is 0 Å². The molecule has 1 aromatic rings. The van der Waals surface area contributed by atoms with Crippen molar-refractivity contribution < 1.29 is 5.21 Å². The fraction of sp³-hybridized carbons (Fsp3) is 0.400. The van der Waals surface area contributed by atoms with Gasteiger partial charge < -0.3 is 5.21 Å². The van der Waals surface area contributed by atoms with Gasteiger partial charge in [-0.25, -0.2) is 5.48 Å². The van der Waals surface area contributed by atoms with E-state index in [4.69, 9.17) is 5.21 Å². The zero-order valence-electron chi connectivity index (χ0n) is 7.36. The third-order valence-electron chi connectivity index (χ3n) is 2.06. The van der Waals surface area contributed by atoms with E-state index in [9.17, 15) is 0 Å². The predicted molar refractivity (Wildman–Crippen MR) is 53.9 cm³/mol. The minimum atomic E-state index is 0.538. The van der Waals surface area contributed by atoms with Gasteiger partial charge in [0.05, 0.1) is 0 Å². The fourth-order valence-electron chi connectivity index (χ4n) is 1.22. The van der Waals surface area contributed by atoms with E-state index in [0.29, 0.717) is 6.54 Å². The molecule has 2 rings (SSSR count). The topological polar surface area (TPSA) is 32.3 Å². The van der Waals surface area contributed by atoms with Crippen LogP contribution in [0.4, 0.5) is 0 Å². The molecule has 0 aliphatic heterocycles. The maximum atomic E-state index is 8.63. The molecule has 0 spiro atoms. The summed E-state index contributed by atoms with van der Waals surface area (Å²) in [5.74, 6) is 0. The predicted octanol–water partition coefficient (Wildman–Crippen LogP) is 2.42. The summed E-state index contributed by atoms with van der Waals surface area (Å²) in [4.78, 5) is 1.30. The van der Waals surface area contributed by atoms with Gasteiger partial charge in [0.2, 0.25) is 0 Å². The Kier molecular flexibility index (Phi) is 2.88. The number of hydrogen-bond donors (Lipinski definition) is 2. The number of hydrogen-bond acceptors (Lipinski definition) is 3. The summed E-state index contributed by atoms with van der Waals surface area (Å²) >= 11 is 1.92. The molecule has 1 fully saturated rings. The molecule has 2 nitrogen and oxygen atoms in total. The molecule has 1 aromatic carbocycles. The zero-order valence-corrected chi connectivity index (χ0v) is 8.18. The van der Waals surface area contributed by atoms with Crippen LogP contribution in [0.3, 0.4) is 0 Å². The van der Waals surface area contributed by atoms with Crippen molar-refractivity contribution in [3.05, 3.63) is 29.8 Å². The van der Waals surface area contributed by atoms with Crippen LogP contribution in [-0.2, 0) is 6.54 Å². The smallest absolute Gasteiger partial charge is 0.0469 e. The van der Waals surface area contributed by atoms with Crippen molar-refractivity contribution in [1.29, 1.82) is 0 Å². The molecular weight excluding hydrogens is 182 g/mol. The van der Waals surface area contributed by atoms with E-state index in [1.807, 2.05) is 30.0 Å². The van der Waals surface area contributed by atoms with Gasteiger partial charge in [0, 0.05) is 16.7 Å². The highest BCUT2D eigenvalue weighted by molar-refractivity contribution is 8.00. The van der Waals surface area contributed by atoms with Gasteiger partial charge in [0.15, 0.2) is 0 Å². The Bertz CT molecular complexity index is 286. The average Bonchev–Trinajstić information content (AvgIpc) is 2.93. The highest BCUT2D eigenvalue weighted by atomic mass is 32.2. The van der Waals surface area contributed by atoms with Gasteiger partial charge in [-0.3, -0.25) is 0 Å². The first kappa shape index (κ1) is 9.06. The molecule has 13 heavy (non-hydrogen) atoms. The Labute approximate surface area is 82.3 Å². The van der Waals surface area contributed by atoms with E-state index in [-0.39, 0.29) is 0 Å². The van der Waals surface area contributed by atoms with E-state index in [1.54, 1.807) is 0 Å². The summed E-state index contributed by atoms with van der Waals surface area (Å²) in [6.07, 6.45) is 2.68. The Hall–Kier alpha value is -0.510. The molecule has 1 aliphatic carbocycles. The first-order chi connectivity index (χ1) is 6.40. The lowest BCUT2D eigenvalue weighted by molar-refractivity contribution is 0.160. The summed E-state index contributed by atoms with van der Waals surface area (Å²) in [5, 5.41) is 9.45. The van der Waals surface area contributed by atoms with Crippen molar-refractivity contribution in [3.8, 4) is 0 Å². The van der Waals surface area contributed by atoms with Crippen LogP contribution in [0.5, 0.6) is 0 Å². The molecule has 0 amide bonds. The Morgan fingerprint density at radius 1 is 1.38 bits per heavy atom. The van der Waals surface area contributed by atoms with Crippen LogP contribution in [0, 0.1) is 0 Å². The largest absolute Gasteiger partial charge is 0.316 e. The van der Waals surface area contributed by atoms with Gasteiger partial charge in [0.1, 0.15) is 0 Å². The SMILES string of the molecule is ONCc1ccccc1SC1CC1. The third-order valence-corrected chi connectivity index (χ3v) is 3.52. The highest BCUT2D eigenvalue weighted by Gasteiger charge is 2.23. The van der Waals surface area contributed by atoms with Gasteiger partial charge in [-0.1, -0.05) is 18.2 Å². The summed E-state index contributed by atoms with van der Waals surface area (Å²) in [6.45, 7) is 0.538. The number of rotatable bonds is 4. The zero-order chi connectivity index (χ0) is 9.10. The number of hydroxylamine groups is 1. The molecule has 0 heterocycles. The molecule has 0 bridgehead atoms. The van der Waals surface area contributed by atoms with E-state index in [1.165, 1.54) is 23.3 Å². The number of nitrogens with one attached hydrogen (secondary N) is 1. The highest BCUT2D eigenvalue weighted by Crippen LogP contribution is 2.40. The molecule has 3 heteroatoms. The second-order valence-electron chi connectivity index (χ2n) is 3.26. The number of thioether (sulfide) groups is 1. The van der Waals surface area contributed by atoms with Crippen molar-refractivity contribution in [2.45, 2.75) is 29.5 Å². The Morgan fingerprint density at radius 3 is 2.85 bits per heavy atom. The molecule has 1 aliphatic rings. The van der Waals surface area contributed by atoms with Crippen LogP contribution < -0.4 is 5.48 Å². The van der Waals surface area contributed by atoms with Gasteiger partial charge in [0.25, 0.3) is 0 Å². The van der Waals surface area contributed by atoms with Crippen LogP contribution in [0.25, 0.3) is 0 Å². The first-order valence-corrected chi connectivity index (χ1v) is 5.39. The fourth-order valence-corrected chi connectivity index (χ4v) is 2.40. The van der Waals surface area contributed by atoms with Crippen molar-refractivity contribution in [2.24, 2.45) is 0 Å². The molecule has 0 radical (unpaired) electrons. The van der Waals surface area contributed by atoms with Gasteiger partial charge in [-0.2, -0.15) is 0 Å². The number of benzene rings is 1. The first-order valence-electron chi connectivity index (χ1n) is 4.51.